The van der Waals surface area contributed by atoms with Crippen LogP contribution >= 0.6 is 15.9 Å². The van der Waals surface area contributed by atoms with E-state index >= 15 is 0 Å². The zero-order valence-electron chi connectivity index (χ0n) is 19.7. The lowest BCUT2D eigenvalue weighted by molar-refractivity contribution is 0.0951. The third-order valence-corrected chi connectivity index (χ3v) is 7.71. The summed E-state index contributed by atoms with van der Waals surface area (Å²) in [6.45, 7) is 0. The average Bonchev–Trinajstić information content (AvgIpc) is 3.23. The zero-order chi connectivity index (χ0) is 25.4. The number of benzene rings is 3. The number of hydrogen-bond donors (Lipinski definition) is 0. The van der Waals surface area contributed by atoms with Crippen LogP contribution in [0.2, 0.25) is 0 Å². The van der Waals surface area contributed by atoms with Crippen LogP contribution in [0.1, 0.15) is 27.4 Å². The maximum absolute atomic E-state index is 14.3. The van der Waals surface area contributed by atoms with Crippen molar-refractivity contribution in [3.63, 3.8) is 0 Å². The summed E-state index contributed by atoms with van der Waals surface area (Å²) in [5.74, 6) is 0.362. The second-order valence-corrected chi connectivity index (χ2v) is 9.63. The van der Waals surface area contributed by atoms with Gasteiger partial charge in [0.2, 0.25) is 0 Å². The van der Waals surface area contributed by atoms with Gasteiger partial charge in [0, 0.05) is 17.2 Å². The summed E-state index contributed by atoms with van der Waals surface area (Å²) in [5.41, 5.74) is 1.43. The largest absolute Gasteiger partial charge is 0.497 e. The lowest BCUT2D eigenvalue weighted by Crippen LogP contribution is -2.44. The van der Waals surface area contributed by atoms with E-state index in [0.29, 0.717) is 27.1 Å². The first-order valence-corrected chi connectivity index (χ1v) is 12.2. The van der Waals surface area contributed by atoms with E-state index in [-0.39, 0.29) is 5.78 Å². The number of fused-ring (bicyclic) bond motifs is 3. The smallest absolute Gasteiger partial charge is 0.185 e. The van der Waals surface area contributed by atoms with Gasteiger partial charge in [-0.05, 0) is 69.5 Å². The van der Waals surface area contributed by atoms with Crippen LogP contribution in [0.15, 0.2) is 77.3 Å². The van der Waals surface area contributed by atoms with Crippen LogP contribution in [0.25, 0.3) is 6.08 Å². The molecule has 2 aliphatic rings. The van der Waals surface area contributed by atoms with Crippen LogP contribution in [-0.4, -0.2) is 32.1 Å². The van der Waals surface area contributed by atoms with Crippen LogP contribution in [0.4, 0.5) is 5.69 Å². The van der Waals surface area contributed by atoms with E-state index in [2.05, 4.69) is 28.1 Å². The summed E-state index contributed by atoms with van der Waals surface area (Å²) in [5, 5.41) is 21.1. The van der Waals surface area contributed by atoms with Gasteiger partial charge in [0.25, 0.3) is 0 Å². The molecule has 1 fully saturated rings. The van der Waals surface area contributed by atoms with Gasteiger partial charge in [-0.15, -0.1) is 0 Å². The molecule has 7 heteroatoms. The van der Waals surface area contributed by atoms with Crippen molar-refractivity contribution in [2.24, 2.45) is 5.41 Å². The summed E-state index contributed by atoms with van der Waals surface area (Å²) in [6, 6.07) is 23.4. The van der Waals surface area contributed by atoms with Crippen LogP contribution in [0.5, 0.6) is 11.5 Å². The van der Waals surface area contributed by atoms with Gasteiger partial charge >= 0.3 is 0 Å². The summed E-state index contributed by atoms with van der Waals surface area (Å²) < 4.78 is 11.3. The molecule has 0 saturated carbocycles. The number of halogens is 1. The Labute approximate surface area is 218 Å². The Morgan fingerprint density at radius 3 is 2.36 bits per heavy atom. The number of Topliss-reactive ketones (excluding diaryl/α,β-unsaturated/α-hetero) is 1. The normalized spacial score (nSPS) is 21.0. The monoisotopic (exact) mass is 539 g/mol. The molecule has 3 aromatic rings. The van der Waals surface area contributed by atoms with Gasteiger partial charge in [0.05, 0.1) is 36.9 Å². The molecule has 178 valence electrons. The summed E-state index contributed by atoms with van der Waals surface area (Å²) in [6.07, 6.45) is 3.81. The first-order chi connectivity index (χ1) is 17.5. The Morgan fingerprint density at radius 1 is 1.00 bits per heavy atom. The fourth-order valence-corrected chi connectivity index (χ4v) is 5.97. The number of hydrogen-bond acceptors (Lipinski definition) is 6. The van der Waals surface area contributed by atoms with Gasteiger partial charge in [0.15, 0.2) is 11.2 Å². The summed E-state index contributed by atoms with van der Waals surface area (Å²) >= 11 is 3.54. The fourth-order valence-electron chi connectivity index (χ4n) is 5.41. The molecule has 0 spiro atoms. The number of para-hydroxylation sites is 1. The molecule has 0 aromatic heterocycles. The fraction of sp³-hybridized carbons (Fsp3) is 0.207. The van der Waals surface area contributed by atoms with Crippen molar-refractivity contribution in [3.8, 4) is 23.6 Å². The first-order valence-electron chi connectivity index (χ1n) is 11.4. The second-order valence-electron chi connectivity index (χ2n) is 8.77. The highest BCUT2D eigenvalue weighted by molar-refractivity contribution is 9.10. The molecule has 0 aliphatic carbocycles. The predicted molar refractivity (Wildman–Crippen MR) is 140 cm³/mol. The summed E-state index contributed by atoms with van der Waals surface area (Å²) in [7, 11) is 3.14. The Hall–Kier alpha value is -4.07. The number of ketones is 1. The van der Waals surface area contributed by atoms with Crippen LogP contribution < -0.4 is 14.4 Å². The Bertz CT molecular complexity index is 1440. The van der Waals surface area contributed by atoms with E-state index in [0.717, 1.165) is 11.3 Å². The molecule has 0 radical (unpaired) electrons. The van der Waals surface area contributed by atoms with E-state index in [1.807, 2.05) is 53.5 Å². The molecule has 2 aliphatic heterocycles. The number of ether oxygens (including phenoxy) is 2. The highest BCUT2D eigenvalue weighted by Gasteiger charge is 2.63. The van der Waals surface area contributed by atoms with E-state index in [9.17, 15) is 15.3 Å². The van der Waals surface area contributed by atoms with E-state index in [4.69, 9.17) is 9.47 Å². The summed E-state index contributed by atoms with van der Waals surface area (Å²) in [4.78, 5) is 16.2. The number of carbonyl (C=O) groups excluding carboxylic acids is 1. The molecule has 5 rings (SSSR count). The molecule has 0 amide bonds. The third-order valence-electron chi connectivity index (χ3n) is 7.09. The van der Waals surface area contributed by atoms with Crippen molar-refractivity contribution in [1.82, 2.24) is 0 Å². The first kappa shape index (κ1) is 23.7. The Kier molecular flexibility index (Phi) is 6.04. The average molecular weight is 540 g/mol. The van der Waals surface area contributed by atoms with Crippen molar-refractivity contribution in [2.75, 3.05) is 19.1 Å². The molecule has 36 heavy (non-hydrogen) atoms. The lowest BCUT2D eigenvalue weighted by Gasteiger charge is -2.35. The van der Waals surface area contributed by atoms with Crippen molar-refractivity contribution < 1.29 is 14.3 Å². The maximum Gasteiger partial charge on any atom is 0.185 e. The standard InChI is InChI=1S/C29H22BrN3O3/c1-35-21-11-7-19(8-12-21)28(34)27-26(20-9-13-24(36-2)22(30)15-20)29(16-31,17-32)25-14-10-18-5-3-4-6-23(18)33(25)27/h3-15,25-27H,1-2H3/t25-,26-,27+/m1/s1. The van der Waals surface area contributed by atoms with Gasteiger partial charge < -0.3 is 14.4 Å². The van der Waals surface area contributed by atoms with Gasteiger partial charge in [-0.3, -0.25) is 4.79 Å². The quantitative estimate of drug-likeness (QED) is 0.383. The molecule has 6 nitrogen and oxygen atoms in total. The van der Waals surface area contributed by atoms with Crippen molar-refractivity contribution in [2.45, 2.75) is 18.0 Å². The number of methoxy groups -OCH3 is 2. The lowest BCUT2D eigenvalue weighted by atomic mass is 9.69. The zero-order valence-corrected chi connectivity index (χ0v) is 21.3. The van der Waals surface area contributed by atoms with E-state index in [1.54, 1.807) is 44.6 Å². The van der Waals surface area contributed by atoms with Gasteiger partial charge in [-0.2, -0.15) is 10.5 Å². The second kappa shape index (κ2) is 9.18. The minimum Gasteiger partial charge on any atom is -0.497 e. The van der Waals surface area contributed by atoms with Crippen LogP contribution in [0.3, 0.4) is 0 Å². The van der Waals surface area contributed by atoms with Gasteiger partial charge in [-0.1, -0.05) is 36.4 Å². The highest BCUT2D eigenvalue weighted by atomic mass is 79.9. The number of rotatable bonds is 5. The molecule has 3 atom stereocenters. The SMILES string of the molecule is COc1ccc(C(=O)[C@@H]2[C@@H](c3ccc(OC)c(Br)c3)C(C#N)(C#N)[C@H]3C=Cc4ccccc4N23)cc1. The minimum atomic E-state index is -1.51. The van der Waals surface area contributed by atoms with Crippen LogP contribution in [0, 0.1) is 28.1 Å². The Balaban J connectivity index is 1.76. The molecule has 0 bridgehead atoms. The minimum absolute atomic E-state index is 0.169. The Morgan fingerprint density at radius 2 is 1.72 bits per heavy atom. The number of carbonyl (C=O) groups is 1. The molecule has 3 aromatic carbocycles. The molecule has 2 heterocycles. The third kappa shape index (κ3) is 3.47. The topological polar surface area (TPSA) is 86.3 Å². The van der Waals surface area contributed by atoms with Crippen molar-refractivity contribution >= 4 is 33.5 Å². The molecule has 0 N–H and O–H groups in total. The van der Waals surface area contributed by atoms with Crippen LogP contribution in [-0.2, 0) is 0 Å². The molecule has 0 unspecified atom stereocenters. The van der Waals surface area contributed by atoms with Gasteiger partial charge in [-0.25, -0.2) is 0 Å². The number of nitriles is 2. The molecule has 1 saturated heterocycles. The van der Waals surface area contributed by atoms with E-state index < -0.39 is 23.4 Å². The van der Waals surface area contributed by atoms with Crippen molar-refractivity contribution in [1.29, 1.82) is 10.5 Å². The molecular formula is C29H22BrN3O3. The van der Waals surface area contributed by atoms with E-state index in [1.165, 1.54) is 0 Å². The van der Waals surface area contributed by atoms with Crippen molar-refractivity contribution in [3.05, 3.63) is 94.0 Å². The van der Waals surface area contributed by atoms with Gasteiger partial charge in [0.1, 0.15) is 17.5 Å². The number of nitrogens with zero attached hydrogens (tertiary/aromatic N) is 3. The maximum atomic E-state index is 14.3. The molecular weight excluding hydrogens is 518 g/mol. The predicted octanol–water partition coefficient (Wildman–Crippen LogP) is 5.75. The highest BCUT2D eigenvalue weighted by Crippen LogP contribution is 2.56. The number of anilines is 1.